The van der Waals surface area contributed by atoms with Crippen LogP contribution >= 0.6 is 0 Å². The number of hydrogen-bond acceptors (Lipinski definition) is 3. The van der Waals surface area contributed by atoms with Crippen molar-refractivity contribution in [3.8, 4) is 0 Å². The number of carboxylic acid groups (broad SMARTS) is 1. The molecule has 0 saturated carbocycles. The summed E-state index contributed by atoms with van der Waals surface area (Å²) in [5.74, 6) is -1.50. The van der Waals surface area contributed by atoms with E-state index in [1.54, 1.807) is 0 Å². The lowest BCUT2D eigenvalue weighted by Crippen LogP contribution is -2.43. The van der Waals surface area contributed by atoms with Crippen molar-refractivity contribution in [1.29, 1.82) is 0 Å². The van der Waals surface area contributed by atoms with Gasteiger partial charge in [0.15, 0.2) is 0 Å². The number of aliphatic carboxylic acids is 1. The minimum Gasteiger partial charge on any atom is -0.480 e. The van der Waals surface area contributed by atoms with Crippen LogP contribution in [0.2, 0.25) is 0 Å². The topological polar surface area (TPSA) is 88.4 Å². The Balaban J connectivity index is 2.91. The zero-order valence-corrected chi connectivity index (χ0v) is 11.2. The second-order valence-corrected chi connectivity index (χ2v) is 4.80. The largest absolute Gasteiger partial charge is 0.480 e. The van der Waals surface area contributed by atoms with E-state index in [0.717, 1.165) is 0 Å². The van der Waals surface area contributed by atoms with Gasteiger partial charge in [0.2, 0.25) is 0 Å². The first-order valence-electron chi connectivity index (χ1n) is 6.02. The van der Waals surface area contributed by atoms with Crippen LogP contribution < -0.4 is 10.9 Å². The van der Waals surface area contributed by atoms with Gasteiger partial charge in [0.25, 0.3) is 11.5 Å². The van der Waals surface area contributed by atoms with Gasteiger partial charge in [-0.2, -0.15) is 0 Å². The van der Waals surface area contributed by atoms with E-state index < -0.39 is 17.9 Å². The van der Waals surface area contributed by atoms with Gasteiger partial charge in [-0.3, -0.25) is 9.59 Å². The molecule has 6 heteroatoms. The highest BCUT2D eigenvalue weighted by molar-refractivity contribution is 5.95. The zero-order chi connectivity index (χ0) is 14.6. The van der Waals surface area contributed by atoms with Crippen molar-refractivity contribution >= 4 is 11.9 Å². The van der Waals surface area contributed by atoms with Crippen LogP contribution in [-0.4, -0.2) is 27.6 Å². The van der Waals surface area contributed by atoms with Crippen molar-refractivity contribution in [2.45, 2.75) is 26.3 Å². The van der Waals surface area contributed by atoms with Crippen molar-refractivity contribution in [2.75, 3.05) is 0 Å². The van der Waals surface area contributed by atoms with E-state index in [1.807, 2.05) is 13.8 Å². The second-order valence-electron chi connectivity index (χ2n) is 4.80. The van der Waals surface area contributed by atoms with Crippen LogP contribution in [0.3, 0.4) is 0 Å². The first-order valence-corrected chi connectivity index (χ1v) is 6.02. The Morgan fingerprint density at radius 3 is 2.53 bits per heavy atom. The fraction of sp³-hybridized carbons (Fsp3) is 0.462. The number of pyridine rings is 1. The zero-order valence-electron chi connectivity index (χ0n) is 11.2. The quantitative estimate of drug-likeness (QED) is 0.817. The molecule has 1 amide bonds. The van der Waals surface area contributed by atoms with Crippen LogP contribution in [0.25, 0.3) is 0 Å². The third kappa shape index (κ3) is 3.94. The molecule has 1 atom stereocenters. The molecule has 104 valence electrons. The van der Waals surface area contributed by atoms with Gasteiger partial charge in [-0.15, -0.1) is 0 Å². The van der Waals surface area contributed by atoms with Gasteiger partial charge in [0.1, 0.15) is 11.7 Å². The Hall–Kier alpha value is -2.11. The number of aromatic nitrogens is 1. The Bertz CT molecular complexity index is 534. The molecule has 19 heavy (non-hydrogen) atoms. The summed E-state index contributed by atoms with van der Waals surface area (Å²) in [6, 6.07) is 3.32. The first-order chi connectivity index (χ1) is 8.82. The summed E-state index contributed by atoms with van der Waals surface area (Å²) in [6.45, 7) is 3.75. The number of nitrogens with one attached hydrogen (secondary N) is 1. The van der Waals surface area contributed by atoms with Gasteiger partial charge in [0.05, 0.1) is 0 Å². The Labute approximate surface area is 111 Å². The van der Waals surface area contributed by atoms with Gasteiger partial charge in [-0.25, -0.2) is 4.79 Å². The average Bonchev–Trinajstić information content (AvgIpc) is 2.31. The normalized spacial score (nSPS) is 12.2. The van der Waals surface area contributed by atoms with E-state index in [2.05, 4.69) is 5.32 Å². The lowest BCUT2D eigenvalue weighted by Gasteiger charge is -2.17. The molecule has 1 aromatic rings. The predicted octanol–water partition coefficient (Wildman–Crippen LogP) is 0.614. The fourth-order valence-electron chi connectivity index (χ4n) is 1.72. The van der Waals surface area contributed by atoms with Crippen molar-refractivity contribution in [3.05, 3.63) is 34.2 Å². The molecule has 0 aliphatic heterocycles. The molecule has 0 aliphatic rings. The molecule has 1 rings (SSSR count). The lowest BCUT2D eigenvalue weighted by atomic mass is 10.0. The number of nitrogens with zero attached hydrogens (tertiary/aromatic N) is 1. The Morgan fingerprint density at radius 1 is 1.37 bits per heavy atom. The summed E-state index contributed by atoms with van der Waals surface area (Å²) < 4.78 is 1.18. The summed E-state index contributed by atoms with van der Waals surface area (Å²) in [5.41, 5.74) is -0.175. The monoisotopic (exact) mass is 266 g/mol. The predicted molar refractivity (Wildman–Crippen MR) is 70.0 cm³/mol. The Morgan fingerprint density at radius 2 is 2.00 bits per heavy atom. The standard InChI is InChI=1S/C13H18N2O4/c1-8(2)7-9(13(18)19)14-12(17)10-5-4-6-11(16)15(10)3/h4-6,8-9H,7H2,1-3H3,(H,14,17)(H,18,19)/t9-/m0/s1. The number of carboxylic acids is 1. The van der Waals surface area contributed by atoms with E-state index in [-0.39, 0.29) is 17.2 Å². The van der Waals surface area contributed by atoms with E-state index >= 15 is 0 Å². The van der Waals surface area contributed by atoms with Crippen LogP contribution in [0, 0.1) is 5.92 Å². The Kier molecular flexibility index (Phi) is 4.86. The van der Waals surface area contributed by atoms with Crippen LogP contribution in [0.1, 0.15) is 30.8 Å². The highest BCUT2D eigenvalue weighted by Gasteiger charge is 2.22. The van der Waals surface area contributed by atoms with Crippen LogP contribution in [-0.2, 0) is 11.8 Å². The van der Waals surface area contributed by atoms with Crippen molar-refractivity contribution in [1.82, 2.24) is 9.88 Å². The van der Waals surface area contributed by atoms with Crippen LogP contribution in [0.15, 0.2) is 23.0 Å². The van der Waals surface area contributed by atoms with Crippen molar-refractivity contribution < 1.29 is 14.7 Å². The minimum absolute atomic E-state index is 0.140. The smallest absolute Gasteiger partial charge is 0.326 e. The third-order valence-electron chi connectivity index (χ3n) is 2.73. The molecule has 0 fully saturated rings. The fourth-order valence-corrected chi connectivity index (χ4v) is 1.72. The van der Waals surface area contributed by atoms with E-state index in [0.29, 0.717) is 6.42 Å². The second kappa shape index (κ2) is 6.17. The van der Waals surface area contributed by atoms with Crippen molar-refractivity contribution in [2.24, 2.45) is 13.0 Å². The minimum atomic E-state index is -1.08. The molecule has 0 spiro atoms. The molecular weight excluding hydrogens is 248 g/mol. The molecule has 0 saturated heterocycles. The number of amides is 1. The molecule has 1 heterocycles. The summed E-state index contributed by atoms with van der Waals surface area (Å²) in [4.78, 5) is 34.5. The summed E-state index contributed by atoms with van der Waals surface area (Å²) in [6.07, 6.45) is 0.335. The summed E-state index contributed by atoms with van der Waals surface area (Å²) in [7, 11) is 1.47. The molecule has 1 aromatic heterocycles. The molecule has 0 aromatic carbocycles. The van der Waals surface area contributed by atoms with Gasteiger partial charge >= 0.3 is 5.97 Å². The van der Waals surface area contributed by atoms with E-state index in [1.165, 1.54) is 29.8 Å². The van der Waals surface area contributed by atoms with Crippen LogP contribution in [0.5, 0.6) is 0 Å². The number of carbonyl (C=O) groups is 2. The number of carbonyl (C=O) groups excluding carboxylic acids is 1. The first kappa shape index (κ1) is 14.9. The number of rotatable bonds is 5. The van der Waals surface area contributed by atoms with E-state index in [4.69, 9.17) is 5.11 Å². The maximum Gasteiger partial charge on any atom is 0.326 e. The third-order valence-corrected chi connectivity index (χ3v) is 2.73. The maximum atomic E-state index is 12.0. The molecule has 0 unspecified atom stereocenters. The highest BCUT2D eigenvalue weighted by atomic mass is 16.4. The molecule has 0 bridgehead atoms. The summed E-state index contributed by atoms with van der Waals surface area (Å²) >= 11 is 0. The van der Waals surface area contributed by atoms with Gasteiger partial charge in [-0.1, -0.05) is 19.9 Å². The lowest BCUT2D eigenvalue weighted by molar-refractivity contribution is -0.139. The number of hydrogen-bond donors (Lipinski definition) is 2. The van der Waals surface area contributed by atoms with Gasteiger partial charge in [-0.05, 0) is 18.4 Å². The SMILES string of the molecule is CC(C)C[C@H](NC(=O)c1cccc(=O)n1C)C(=O)O. The molecule has 2 N–H and O–H groups in total. The van der Waals surface area contributed by atoms with Gasteiger partial charge < -0.3 is 15.0 Å². The summed E-state index contributed by atoms with van der Waals surface area (Å²) in [5, 5.41) is 11.5. The molecule has 6 nitrogen and oxygen atoms in total. The van der Waals surface area contributed by atoms with Crippen LogP contribution in [0.4, 0.5) is 0 Å². The molecular formula is C13H18N2O4. The highest BCUT2D eigenvalue weighted by Crippen LogP contribution is 2.06. The van der Waals surface area contributed by atoms with Crippen molar-refractivity contribution in [3.63, 3.8) is 0 Å². The van der Waals surface area contributed by atoms with E-state index in [9.17, 15) is 14.4 Å². The average molecular weight is 266 g/mol. The molecule has 0 radical (unpaired) electrons. The maximum absolute atomic E-state index is 12.0. The molecule has 0 aliphatic carbocycles. The van der Waals surface area contributed by atoms with Gasteiger partial charge in [0, 0.05) is 13.1 Å².